The fraction of sp³-hybridized carbons (Fsp3) is 0.474. The molecule has 1 aromatic carbocycles. The molecule has 1 saturated carbocycles. The predicted molar refractivity (Wildman–Crippen MR) is 80.9 cm³/mol. The summed E-state index contributed by atoms with van der Waals surface area (Å²) in [6, 6.07) is 8.99. The lowest BCUT2D eigenvalue weighted by molar-refractivity contribution is 0.444. The lowest BCUT2D eigenvalue weighted by Crippen LogP contribution is -2.20. The van der Waals surface area contributed by atoms with E-state index in [9.17, 15) is 0 Å². The largest absolute Gasteiger partial charge is 0.0759 e. The summed E-state index contributed by atoms with van der Waals surface area (Å²) < 4.78 is 0. The molecule has 3 aliphatic carbocycles. The van der Waals surface area contributed by atoms with Crippen molar-refractivity contribution in [2.75, 3.05) is 0 Å². The minimum atomic E-state index is 0.190. The lowest BCUT2D eigenvalue weighted by atomic mass is 9.75. The molecule has 19 heavy (non-hydrogen) atoms. The minimum Gasteiger partial charge on any atom is -0.0759 e. The summed E-state index contributed by atoms with van der Waals surface area (Å²) in [5.74, 6) is 2.43. The summed E-state index contributed by atoms with van der Waals surface area (Å²) in [5.41, 5.74) is 6.31. The molecule has 4 rings (SSSR count). The van der Waals surface area contributed by atoms with Crippen molar-refractivity contribution in [2.24, 2.45) is 17.8 Å². The van der Waals surface area contributed by atoms with Crippen LogP contribution in [0.4, 0.5) is 0 Å². The molecule has 0 bridgehead atoms. The van der Waals surface area contributed by atoms with Crippen molar-refractivity contribution in [3.05, 3.63) is 53.1 Å². The average Bonchev–Trinajstić information content (AvgIpc) is 2.88. The van der Waals surface area contributed by atoms with Crippen LogP contribution in [-0.4, -0.2) is 0 Å². The summed E-state index contributed by atoms with van der Waals surface area (Å²) in [5, 5.41) is 0. The highest BCUT2D eigenvalue weighted by molar-refractivity contribution is 5.90. The Balaban J connectivity index is 1.93. The molecule has 0 amide bonds. The number of allylic oxidation sites excluding steroid dienone is 4. The molecular formula is C19H22. The van der Waals surface area contributed by atoms with Gasteiger partial charge >= 0.3 is 0 Å². The number of hydrogen-bond donors (Lipinski definition) is 0. The SMILES string of the molecule is CC1CCC2C=C3C(=CC12)C(C)(C)c1ccccc13. The van der Waals surface area contributed by atoms with Crippen LogP contribution in [0.5, 0.6) is 0 Å². The second-order valence-electron chi connectivity index (χ2n) is 7.13. The Labute approximate surface area is 116 Å². The highest BCUT2D eigenvalue weighted by Crippen LogP contribution is 2.55. The molecular weight excluding hydrogens is 228 g/mol. The molecule has 0 saturated heterocycles. The molecule has 0 heteroatoms. The Morgan fingerprint density at radius 1 is 1.05 bits per heavy atom. The molecule has 3 aliphatic rings. The van der Waals surface area contributed by atoms with Gasteiger partial charge < -0.3 is 0 Å². The van der Waals surface area contributed by atoms with Crippen molar-refractivity contribution in [1.82, 2.24) is 0 Å². The van der Waals surface area contributed by atoms with E-state index in [1.807, 2.05) is 0 Å². The van der Waals surface area contributed by atoms with Crippen molar-refractivity contribution in [3.8, 4) is 0 Å². The Hall–Kier alpha value is -1.30. The number of hydrogen-bond acceptors (Lipinski definition) is 0. The topological polar surface area (TPSA) is 0 Å². The summed E-state index contributed by atoms with van der Waals surface area (Å²) in [6.07, 6.45) is 7.99. The second kappa shape index (κ2) is 3.62. The van der Waals surface area contributed by atoms with E-state index in [2.05, 4.69) is 57.2 Å². The van der Waals surface area contributed by atoms with E-state index in [1.165, 1.54) is 29.5 Å². The quantitative estimate of drug-likeness (QED) is 0.610. The van der Waals surface area contributed by atoms with Gasteiger partial charge in [-0.3, -0.25) is 0 Å². The second-order valence-corrected chi connectivity index (χ2v) is 7.13. The van der Waals surface area contributed by atoms with Gasteiger partial charge in [0.1, 0.15) is 0 Å². The Morgan fingerprint density at radius 2 is 1.84 bits per heavy atom. The van der Waals surface area contributed by atoms with Gasteiger partial charge in [-0.2, -0.15) is 0 Å². The smallest absolute Gasteiger partial charge is 0.0155 e. The standard InChI is InChI=1S/C19H22/c1-12-8-9-13-10-16-14-6-4-5-7-17(14)19(2,3)18(16)11-15(12)13/h4-7,10-13,15H,8-9H2,1-3H3. The minimum absolute atomic E-state index is 0.190. The Bertz CT molecular complexity index is 600. The first-order valence-corrected chi connectivity index (χ1v) is 7.63. The van der Waals surface area contributed by atoms with Crippen LogP contribution in [-0.2, 0) is 5.41 Å². The van der Waals surface area contributed by atoms with Crippen LogP contribution in [0, 0.1) is 17.8 Å². The van der Waals surface area contributed by atoms with E-state index in [0.29, 0.717) is 0 Å². The zero-order valence-electron chi connectivity index (χ0n) is 12.1. The van der Waals surface area contributed by atoms with Gasteiger partial charge in [0, 0.05) is 5.41 Å². The zero-order valence-corrected chi connectivity index (χ0v) is 12.1. The van der Waals surface area contributed by atoms with Gasteiger partial charge in [0.05, 0.1) is 0 Å². The van der Waals surface area contributed by atoms with E-state index in [0.717, 1.165) is 17.8 Å². The average molecular weight is 250 g/mol. The van der Waals surface area contributed by atoms with E-state index in [-0.39, 0.29) is 5.41 Å². The van der Waals surface area contributed by atoms with Gasteiger partial charge in [-0.25, -0.2) is 0 Å². The first-order valence-electron chi connectivity index (χ1n) is 7.63. The molecule has 3 atom stereocenters. The molecule has 0 radical (unpaired) electrons. The third-order valence-corrected chi connectivity index (χ3v) is 5.70. The fourth-order valence-corrected chi connectivity index (χ4v) is 4.52. The molecule has 0 nitrogen and oxygen atoms in total. The highest BCUT2D eigenvalue weighted by Gasteiger charge is 2.43. The molecule has 0 spiro atoms. The fourth-order valence-electron chi connectivity index (χ4n) is 4.52. The van der Waals surface area contributed by atoms with E-state index in [4.69, 9.17) is 0 Å². The maximum atomic E-state index is 2.62. The normalized spacial score (nSPS) is 34.2. The zero-order chi connectivity index (χ0) is 13.2. The molecule has 1 aromatic rings. The van der Waals surface area contributed by atoms with Gasteiger partial charge in [-0.1, -0.05) is 57.2 Å². The third-order valence-electron chi connectivity index (χ3n) is 5.70. The lowest BCUT2D eigenvalue weighted by Gasteiger charge is -2.29. The highest BCUT2D eigenvalue weighted by atomic mass is 14.5. The van der Waals surface area contributed by atoms with E-state index < -0.39 is 0 Å². The summed E-state index contributed by atoms with van der Waals surface area (Å²) in [7, 11) is 0. The first-order chi connectivity index (χ1) is 9.09. The predicted octanol–water partition coefficient (Wildman–Crippen LogP) is 4.96. The van der Waals surface area contributed by atoms with Crippen LogP contribution in [0.25, 0.3) is 5.57 Å². The third kappa shape index (κ3) is 1.40. The molecule has 0 N–H and O–H groups in total. The maximum absolute atomic E-state index is 2.62. The maximum Gasteiger partial charge on any atom is 0.0155 e. The van der Waals surface area contributed by atoms with Crippen molar-refractivity contribution in [2.45, 2.75) is 39.0 Å². The molecule has 0 aromatic heterocycles. The van der Waals surface area contributed by atoms with Crippen LogP contribution in [0.2, 0.25) is 0 Å². The van der Waals surface area contributed by atoms with Gasteiger partial charge in [0.25, 0.3) is 0 Å². The van der Waals surface area contributed by atoms with Gasteiger partial charge in [0.2, 0.25) is 0 Å². The summed E-state index contributed by atoms with van der Waals surface area (Å²) >= 11 is 0. The van der Waals surface area contributed by atoms with Crippen molar-refractivity contribution in [3.63, 3.8) is 0 Å². The van der Waals surface area contributed by atoms with E-state index in [1.54, 1.807) is 5.57 Å². The van der Waals surface area contributed by atoms with Crippen LogP contribution < -0.4 is 0 Å². The molecule has 0 aliphatic heterocycles. The monoisotopic (exact) mass is 250 g/mol. The molecule has 3 unspecified atom stereocenters. The number of fused-ring (bicyclic) bond motifs is 4. The summed E-state index contributed by atoms with van der Waals surface area (Å²) in [6.45, 7) is 7.20. The van der Waals surface area contributed by atoms with Crippen LogP contribution >= 0.6 is 0 Å². The van der Waals surface area contributed by atoms with Gasteiger partial charge in [-0.15, -0.1) is 0 Å². The number of benzene rings is 1. The first kappa shape index (κ1) is 11.5. The Kier molecular flexibility index (Phi) is 2.20. The van der Waals surface area contributed by atoms with Gasteiger partial charge in [-0.05, 0) is 52.9 Å². The van der Waals surface area contributed by atoms with Crippen LogP contribution in [0.3, 0.4) is 0 Å². The van der Waals surface area contributed by atoms with Gasteiger partial charge in [0.15, 0.2) is 0 Å². The summed E-state index contributed by atoms with van der Waals surface area (Å²) in [4.78, 5) is 0. The molecule has 98 valence electrons. The molecule has 0 heterocycles. The number of rotatable bonds is 0. The van der Waals surface area contributed by atoms with Crippen LogP contribution in [0.1, 0.15) is 44.7 Å². The van der Waals surface area contributed by atoms with Crippen molar-refractivity contribution < 1.29 is 0 Å². The van der Waals surface area contributed by atoms with Crippen LogP contribution in [0.15, 0.2) is 42.0 Å². The Morgan fingerprint density at radius 3 is 2.68 bits per heavy atom. The molecule has 1 fully saturated rings. The van der Waals surface area contributed by atoms with Crippen molar-refractivity contribution >= 4 is 5.57 Å². The van der Waals surface area contributed by atoms with E-state index >= 15 is 0 Å². The van der Waals surface area contributed by atoms with Crippen molar-refractivity contribution in [1.29, 1.82) is 0 Å².